The Bertz CT molecular complexity index is 764. The first-order chi connectivity index (χ1) is 13.0. The smallest absolute Gasteiger partial charge is 0.323 e. The Morgan fingerprint density at radius 2 is 1.74 bits per heavy atom. The molecule has 1 aliphatic carbocycles. The van der Waals surface area contributed by atoms with Crippen molar-refractivity contribution in [3.8, 4) is 0 Å². The summed E-state index contributed by atoms with van der Waals surface area (Å²) in [6, 6.07) is 2.19. The second kappa shape index (κ2) is 7.79. The van der Waals surface area contributed by atoms with Crippen molar-refractivity contribution in [3.63, 3.8) is 0 Å². The molecule has 2 saturated heterocycles. The zero-order valence-electron chi connectivity index (χ0n) is 15.7. The van der Waals surface area contributed by atoms with E-state index in [1.807, 2.05) is 16.9 Å². The van der Waals surface area contributed by atoms with Crippen molar-refractivity contribution in [1.29, 1.82) is 0 Å². The summed E-state index contributed by atoms with van der Waals surface area (Å²) in [7, 11) is -3.08. The summed E-state index contributed by atoms with van der Waals surface area (Å²) in [6.07, 6.45) is 10.2. The number of hydrogen-bond donors (Lipinski definition) is 1. The maximum Gasteiger partial charge on any atom is 0.323 e. The molecule has 2 amide bonds. The molecule has 3 heterocycles. The third-order valence-corrected chi connectivity index (χ3v) is 8.09. The van der Waals surface area contributed by atoms with Crippen LogP contribution in [0.4, 0.5) is 10.6 Å². The van der Waals surface area contributed by atoms with E-state index in [0.29, 0.717) is 50.8 Å². The number of sulfonamides is 1. The standard InChI is InChI=1S/C18H29N5O3S/c24-18(19-17-9-13-22(20-17)15-5-2-1-3-6-15)21-11-7-16(8-12-21)23-10-4-14-27(23,25)26/h9,13,15-16H,1-8,10-12,14H2,(H,19,20,24). The molecular weight excluding hydrogens is 366 g/mol. The molecule has 0 atom stereocenters. The number of carbonyl (C=O) groups excluding carboxylic acids is 1. The molecule has 4 rings (SSSR count). The average molecular weight is 396 g/mol. The topological polar surface area (TPSA) is 87.5 Å². The summed E-state index contributed by atoms with van der Waals surface area (Å²) < 4.78 is 27.8. The summed E-state index contributed by atoms with van der Waals surface area (Å²) in [5.41, 5.74) is 0. The lowest BCUT2D eigenvalue weighted by molar-refractivity contribution is 0.170. The lowest BCUT2D eigenvalue weighted by Crippen LogP contribution is -2.48. The molecule has 3 fully saturated rings. The van der Waals surface area contributed by atoms with E-state index < -0.39 is 10.0 Å². The molecule has 0 bridgehead atoms. The van der Waals surface area contributed by atoms with Gasteiger partial charge in [0.05, 0.1) is 11.8 Å². The monoisotopic (exact) mass is 395 g/mol. The summed E-state index contributed by atoms with van der Waals surface area (Å²) >= 11 is 0. The first kappa shape index (κ1) is 18.7. The van der Waals surface area contributed by atoms with Crippen LogP contribution in [0.25, 0.3) is 0 Å². The van der Waals surface area contributed by atoms with Gasteiger partial charge in [0, 0.05) is 37.9 Å². The van der Waals surface area contributed by atoms with Gasteiger partial charge in [-0.15, -0.1) is 0 Å². The molecule has 8 nitrogen and oxygen atoms in total. The molecule has 0 radical (unpaired) electrons. The normalized spacial score (nSPS) is 25.0. The molecule has 1 aromatic heterocycles. The van der Waals surface area contributed by atoms with Gasteiger partial charge in [-0.3, -0.25) is 10.00 Å². The molecule has 0 aromatic carbocycles. The van der Waals surface area contributed by atoms with E-state index >= 15 is 0 Å². The quantitative estimate of drug-likeness (QED) is 0.851. The predicted molar refractivity (Wildman–Crippen MR) is 103 cm³/mol. The number of anilines is 1. The van der Waals surface area contributed by atoms with Crippen molar-refractivity contribution >= 4 is 21.9 Å². The molecule has 3 aliphatic rings. The maximum absolute atomic E-state index is 12.5. The minimum absolute atomic E-state index is 0.0343. The lowest BCUT2D eigenvalue weighted by atomic mass is 9.96. The fourth-order valence-corrected chi connectivity index (χ4v) is 6.37. The van der Waals surface area contributed by atoms with Crippen LogP contribution < -0.4 is 5.32 Å². The van der Waals surface area contributed by atoms with Crippen LogP contribution in [-0.4, -0.2) is 64.9 Å². The van der Waals surface area contributed by atoms with Crippen molar-refractivity contribution in [1.82, 2.24) is 19.0 Å². The number of amides is 2. The van der Waals surface area contributed by atoms with Crippen LogP contribution in [0.5, 0.6) is 0 Å². The molecule has 9 heteroatoms. The third-order valence-electron chi connectivity index (χ3n) is 6.09. The van der Waals surface area contributed by atoms with Crippen molar-refractivity contribution in [2.45, 2.75) is 63.5 Å². The minimum Gasteiger partial charge on any atom is -0.324 e. The average Bonchev–Trinajstić information content (AvgIpc) is 3.28. The van der Waals surface area contributed by atoms with Crippen LogP contribution in [0.2, 0.25) is 0 Å². The lowest BCUT2D eigenvalue weighted by Gasteiger charge is -2.35. The van der Waals surface area contributed by atoms with Crippen molar-refractivity contribution in [2.75, 3.05) is 30.7 Å². The first-order valence-corrected chi connectivity index (χ1v) is 11.7. The molecule has 1 N–H and O–H groups in total. The van der Waals surface area contributed by atoms with E-state index in [1.165, 1.54) is 19.3 Å². The predicted octanol–water partition coefficient (Wildman–Crippen LogP) is 2.42. The fraction of sp³-hybridized carbons (Fsp3) is 0.778. The van der Waals surface area contributed by atoms with Crippen molar-refractivity contribution < 1.29 is 13.2 Å². The van der Waals surface area contributed by atoms with Gasteiger partial charge in [-0.1, -0.05) is 19.3 Å². The van der Waals surface area contributed by atoms with Gasteiger partial charge in [0.2, 0.25) is 10.0 Å². The van der Waals surface area contributed by atoms with Gasteiger partial charge < -0.3 is 4.90 Å². The van der Waals surface area contributed by atoms with Crippen molar-refractivity contribution in [3.05, 3.63) is 12.3 Å². The number of rotatable bonds is 3. The van der Waals surface area contributed by atoms with E-state index in [-0.39, 0.29) is 17.8 Å². The highest BCUT2D eigenvalue weighted by Crippen LogP contribution is 2.28. The largest absolute Gasteiger partial charge is 0.324 e. The molecule has 0 unspecified atom stereocenters. The number of hydrogen-bond acceptors (Lipinski definition) is 4. The Hall–Kier alpha value is -1.61. The molecule has 2 aliphatic heterocycles. The van der Waals surface area contributed by atoms with Crippen LogP contribution in [-0.2, 0) is 10.0 Å². The summed E-state index contributed by atoms with van der Waals surface area (Å²) in [6.45, 7) is 1.77. The fourth-order valence-electron chi connectivity index (χ4n) is 4.57. The Labute approximate surface area is 160 Å². The number of nitrogens with one attached hydrogen (secondary N) is 1. The molecule has 1 saturated carbocycles. The van der Waals surface area contributed by atoms with Crippen LogP contribution in [0, 0.1) is 0 Å². The van der Waals surface area contributed by atoms with Gasteiger partial charge in [0.25, 0.3) is 0 Å². The molecule has 1 aromatic rings. The second-order valence-corrected chi connectivity index (χ2v) is 9.94. The second-order valence-electron chi connectivity index (χ2n) is 7.90. The zero-order valence-corrected chi connectivity index (χ0v) is 16.5. The van der Waals surface area contributed by atoms with Crippen molar-refractivity contribution in [2.24, 2.45) is 0 Å². The van der Waals surface area contributed by atoms with Crippen LogP contribution in [0.3, 0.4) is 0 Å². The van der Waals surface area contributed by atoms with Gasteiger partial charge in [0.1, 0.15) is 0 Å². The summed E-state index contributed by atoms with van der Waals surface area (Å²) in [5.74, 6) is 0.854. The number of aromatic nitrogens is 2. The highest BCUT2D eigenvalue weighted by molar-refractivity contribution is 7.89. The Kier molecular flexibility index (Phi) is 5.41. The maximum atomic E-state index is 12.5. The first-order valence-electron chi connectivity index (χ1n) is 10.1. The zero-order chi connectivity index (χ0) is 18.9. The highest BCUT2D eigenvalue weighted by Gasteiger charge is 2.36. The van der Waals surface area contributed by atoms with E-state index in [0.717, 1.165) is 12.8 Å². The van der Waals surface area contributed by atoms with E-state index in [2.05, 4.69) is 10.4 Å². The Morgan fingerprint density at radius 1 is 1.00 bits per heavy atom. The van der Waals surface area contributed by atoms with Gasteiger partial charge in [-0.2, -0.15) is 9.40 Å². The van der Waals surface area contributed by atoms with Gasteiger partial charge in [0.15, 0.2) is 5.82 Å². The minimum atomic E-state index is -3.08. The van der Waals surface area contributed by atoms with Crippen LogP contribution in [0.15, 0.2) is 12.3 Å². The number of piperidine rings is 1. The Balaban J connectivity index is 1.29. The summed E-state index contributed by atoms with van der Waals surface area (Å²) in [5, 5.41) is 7.43. The van der Waals surface area contributed by atoms with Crippen LogP contribution >= 0.6 is 0 Å². The number of nitrogens with zero attached hydrogens (tertiary/aromatic N) is 4. The Morgan fingerprint density at radius 3 is 2.41 bits per heavy atom. The number of carbonyl (C=O) groups is 1. The van der Waals surface area contributed by atoms with E-state index in [9.17, 15) is 13.2 Å². The van der Waals surface area contributed by atoms with Gasteiger partial charge in [-0.25, -0.2) is 13.2 Å². The molecular formula is C18H29N5O3S. The van der Waals surface area contributed by atoms with E-state index in [4.69, 9.17) is 0 Å². The third kappa shape index (κ3) is 4.13. The number of urea groups is 1. The van der Waals surface area contributed by atoms with E-state index in [1.54, 1.807) is 9.21 Å². The summed E-state index contributed by atoms with van der Waals surface area (Å²) in [4.78, 5) is 14.3. The highest BCUT2D eigenvalue weighted by atomic mass is 32.2. The number of likely N-dealkylation sites (tertiary alicyclic amines) is 1. The van der Waals surface area contributed by atoms with Gasteiger partial charge in [-0.05, 0) is 32.1 Å². The molecule has 150 valence electrons. The molecule has 27 heavy (non-hydrogen) atoms. The SMILES string of the molecule is O=C(Nc1ccn(C2CCCCC2)n1)N1CCC(N2CCCS2(=O)=O)CC1. The van der Waals surface area contributed by atoms with Crippen LogP contribution in [0.1, 0.15) is 57.4 Å². The molecule has 0 spiro atoms. The van der Waals surface area contributed by atoms with Gasteiger partial charge >= 0.3 is 6.03 Å².